The molecule has 4 nitrogen and oxygen atoms in total. The Bertz CT molecular complexity index is 882. The lowest BCUT2D eigenvalue weighted by Gasteiger charge is -2.08. The summed E-state index contributed by atoms with van der Waals surface area (Å²) in [6.07, 6.45) is -0.770. The quantitative estimate of drug-likeness (QED) is 0.658. The minimum atomic E-state index is -4.38. The number of alkyl halides is 3. The number of halogens is 5. The summed E-state index contributed by atoms with van der Waals surface area (Å²) in [4.78, 5) is 7.85. The summed E-state index contributed by atoms with van der Waals surface area (Å²) in [6.45, 7) is -1.19. The third-order valence-corrected chi connectivity index (χ3v) is 3.18. The number of hydrogen-bond donors (Lipinski definition) is 0. The van der Waals surface area contributed by atoms with Gasteiger partial charge in [-0.25, -0.2) is 14.4 Å². The second-order valence-corrected chi connectivity index (χ2v) is 5.06. The smallest absolute Gasteiger partial charge is 0.406 e. The minimum Gasteiger partial charge on any atom is -0.435 e. The van der Waals surface area contributed by atoms with Crippen LogP contribution in [0.4, 0.5) is 17.6 Å². The van der Waals surface area contributed by atoms with E-state index in [1.165, 1.54) is 30.6 Å². The summed E-state index contributed by atoms with van der Waals surface area (Å²) in [5, 5.41) is -0.0452. The molecule has 3 rings (SSSR count). The Morgan fingerprint density at radius 2 is 2.13 bits per heavy atom. The van der Waals surface area contributed by atoms with Crippen LogP contribution in [0.15, 0.2) is 35.0 Å². The molecular weight excluding hydrogens is 338 g/mol. The summed E-state index contributed by atoms with van der Waals surface area (Å²) in [5.41, 5.74) is 0.566. The molecule has 0 aliphatic heterocycles. The molecule has 0 amide bonds. The van der Waals surface area contributed by atoms with Gasteiger partial charge in [0, 0.05) is 24.5 Å². The molecule has 2 aromatic heterocycles. The van der Waals surface area contributed by atoms with E-state index in [-0.39, 0.29) is 22.3 Å². The first-order chi connectivity index (χ1) is 10.8. The van der Waals surface area contributed by atoms with Crippen LogP contribution in [0, 0.1) is 5.82 Å². The van der Waals surface area contributed by atoms with Crippen LogP contribution in [0.5, 0.6) is 0 Å². The maximum absolute atomic E-state index is 13.1. The largest absolute Gasteiger partial charge is 0.435 e. The summed E-state index contributed by atoms with van der Waals surface area (Å²) >= 11 is 6.03. The van der Waals surface area contributed by atoms with Crippen molar-refractivity contribution in [3.63, 3.8) is 0 Å². The molecule has 0 bridgehead atoms. The molecule has 2 heterocycles. The average molecular weight is 346 g/mol. The van der Waals surface area contributed by atoms with Crippen molar-refractivity contribution in [2.45, 2.75) is 12.7 Å². The molecule has 3 aromatic rings. The number of rotatable bonds is 3. The number of hydrogen-bond acceptors (Lipinski definition) is 3. The highest BCUT2D eigenvalue weighted by molar-refractivity contribution is 6.50. The first kappa shape index (κ1) is 15.5. The Balaban J connectivity index is 1.94. The van der Waals surface area contributed by atoms with E-state index in [4.69, 9.17) is 16.0 Å². The third-order valence-electron chi connectivity index (χ3n) is 2.91. The highest BCUT2D eigenvalue weighted by atomic mass is 35.5. The van der Waals surface area contributed by atoms with Crippen LogP contribution in [-0.4, -0.2) is 20.7 Å². The molecular formula is C14H8ClF4N3O. The van der Waals surface area contributed by atoms with Gasteiger partial charge in [-0.05, 0) is 12.1 Å². The number of benzene rings is 1. The highest BCUT2D eigenvalue weighted by Gasteiger charge is 2.28. The van der Waals surface area contributed by atoms with E-state index in [0.29, 0.717) is 5.52 Å². The molecule has 0 spiro atoms. The van der Waals surface area contributed by atoms with E-state index in [1.807, 2.05) is 0 Å². The van der Waals surface area contributed by atoms with Crippen LogP contribution in [0.1, 0.15) is 11.7 Å². The fourth-order valence-electron chi connectivity index (χ4n) is 1.96. The number of fused-ring (bicyclic) bond motifs is 1. The maximum Gasteiger partial charge on any atom is 0.406 e. The summed E-state index contributed by atoms with van der Waals surface area (Å²) in [7, 11) is 0. The number of oxazole rings is 1. The molecule has 1 aromatic carbocycles. The second kappa shape index (κ2) is 5.69. The fourth-order valence-corrected chi connectivity index (χ4v) is 2.14. The van der Waals surface area contributed by atoms with Gasteiger partial charge in [0.2, 0.25) is 5.89 Å². The Morgan fingerprint density at radius 3 is 2.87 bits per heavy atom. The summed E-state index contributed by atoms with van der Waals surface area (Å²) in [5.74, 6) is -0.532. The van der Waals surface area contributed by atoms with Gasteiger partial charge in [0.05, 0.1) is 0 Å². The highest BCUT2D eigenvalue weighted by Crippen LogP contribution is 2.26. The van der Waals surface area contributed by atoms with Crippen molar-refractivity contribution in [2.75, 3.05) is 0 Å². The van der Waals surface area contributed by atoms with Gasteiger partial charge in [0.25, 0.3) is 0 Å². The number of aromatic nitrogens is 3. The number of imidazole rings is 1. The van der Waals surface area contributed by atoms with Crippen LogP contribution in [-0.2, 0) is 6.54 Å². The van der Waals surface area contributed by atoms with Crippen molar-refractivity contribution >= 4 is 33.8 Å². The lowest BCUT2D eigenvalue weighted by Crippen LogP contribution is -2.18. The standard InChI is InChI=1S/C14H8ClF4N3O/c15-9(6-12-20-3-4-22(12)7-14(17,18)19)13-21-10-2-1-8(16)5-11(10)23-13/h1-6H,7H2. The first-order valence-corrected chi connectivity index (χ1v) is 6.71. The van der Waals surface area contributed by atoms with Gasteiger partial charge in [-0.15, -0.1) is 0 Å². The molecule has 0 N–H and O–H groups in total. The molecule has 0 saturated heterocycles. The van der Waals surface area contributed by atoms with Gasteiger partial charge < -0.3 is 8.98 Å². The fraction of sp³-hybridized carbons (Fsp3) is 0.143. The van der Waals surface area contributed by atoms with Gasteiger partial charge in [-0.3, -0.25) is 0 Å². The zero-order valence-corrected chi connectivity index (χ0v) is 12.1. The molecule has 0 fully saturated rings. The lowest BCUT2D eigenvalue weighted by molar-refractivity contribution is -0.140. The summed E-state index contributed by atoms with van der Waals surface area (Å²) < 4.78 is 56.7. The molecule has 0 atom stereocenters. The van der Waals surface area contributed by atoms with Crippen LogP contribution < -0.4 is 0 Å². The Kier molecular flexibility index (Phi) is 3.85. The molecule has 23 heavy (non-hydrogen) atoms. The predicted octanol–water partition coefficient (Wildman–Crippen LogP) is 4.46. The van der Waals surface area contributed by atoms with E-state index in [0.717, 1.165) is 10.6 Å². The van der Waals surface area contributed by atoms with Gasteiger partial charge in [0.1, 0.15) is 28.7 Å². The molecule has 120 valence electrons. The SMILES string of the molecule is Fc1ccc2nc(C(Cl)=Cc3nccn3CC(F)(F)F)oc2c1. The predicted molar refractivity (Wildman–Crippen MR) is 76.0 cm³/mol. The van der Waals surface area contributed by atoms with Crippen LogP contribution in [0.25, 0.3) is 22.2 Å². The van der Waals surface area contributed by atoms with Crippen LogP contribution in [0.3, 0.4) is 0 Å². The molecule has 9 heteroatoms. The minimum absolute atomic E-state index is 0.000705. The van der Waals surface area contributed by atoms with Crippen molar-refractivity contribution in [1.29, 1.82) is 0 Å². The molecule has 0 unspecified atom stereocenters. The molecule has 0 saturated carbocycles. The second-order valence-electron chi connectivity index (χ2n) is 4.65. The normalized spacial score (nSPS) is 13.0. The Labute approximate surface area is 132 Å². The van der Waals surface area contributed by atoms with Gasteiger partial charge in [-0.1, -0.05) is 11.6 Å². The monoisotopic (exact) mass is 345 g/mol. The van der Waals surface area contributed by atoms with E-state index in [1.54, 1.807) is 0 Å². The van der Waals surface area contributed by atoms with Crippen molar-refractivity contribution in [1.82, 2.24) is 14.5 Å². The van der Waals surface area contributed by atoms with Gasteiger partial charge >= 0.3 is 6.18 Å². The Hall–Kier alpha value is -2.35. The topological polar surface area (TPSA) is 43.9 Å². The lowest BCUT2D eigenvalue weighted by atomic mass is 10.3. The zero-order valence-electron chi connectivity index (χ0n) is 11.3. The maximum atomic E-state index is 13.1. The van der Waals surface area contributed by atoms with Crippen molar-refractivity contribution in [3.05, 3.63) is 48.1 Å². The van der Waals surface area contributed by atoms with Gasteiger partial charge in [-0.2, -0.15) is 13.2 Å². The average Bonchev–Trinajstić information content (AvgIpc) is 3.03. The zero-order chi connectivity index (χ0) is 16.6. The molecule has 0 aliphatic rings. The summed E-state index contributed by atoms with van der Waals surface area (Å²) in [6, 6.07) is 3.76. The van der Waals surface area contributed by atoms with E-state index in [2.05, 4.69) is 9.97 Å². The van der Waals surface area contributed by atoms with Crippen molar-refractivity contribution in [3.8, 4) is 0 Å². The Morgan fingerprint density at radius 1 is 1.35 bits per heavy atom. The first-order valence-electron chi connectivity index (χ1n) is 6.33. The van der Waals surface area contributed by atoms with Crippen LogP contribution >= 0.6 is 11.6 Å². The third kappa shape index (κ3) is 3.53. The van der Waals surface area contributed by atoms with E-state index >= 15 is 0 Å². The molecule has 0 radical (unpaired) electrons. The van der Waals surface area contributed by atoms with E-state index in [9.17, 15) is 17.6 Å². The van der Waals surface area contributed by atoms with Gasteiger partial charge in [0.15, 0.2) is 5.58 Å². The van der Waals surface area contributed by atoms with Crippen molar-refractivity contribution < 1.29 is 22.0 Å². The van der Waals surface area contributed by atoms with Crippen molar-refractivity contribution in [2.24, 2.45) is 0 Å². The molecule has 0 aliphatic carbocycles. The number of nitrogens with zero attached hydrogens (tertiary/aromatic N) is 3. The van der Waals surface area contributed by atoms with E-state index < -0.39 is 18.5 Å². The van der Waals surface area contributed by atoms with Crippen LogP contribution in [0.2, 0.25) is 0 Å².